The normalized spacial score (nSPS) is 11.1. The third kappa shape index (κ3) is 1.92. The lowest BCUT2D eigenvalue weighted by Gasteiger charge is -2.02. The molecule has 2 aromatic heterocycles. The van der Waals surface area contributed by atoms with E-state index in [2.05, 4.69) is 24.0 Å². The molecule has 3 aromatic rings. The quantitative estimate of drug-likeness (QED) is 0.761. The Morgan fingerprint density at radius 3 is 2.53 bits per heavy atom. The Hall–Kier alpha value is -2.13. The van der Waals surface area contributed by atoms with Gasteiger partial charge in [0.25, 0.3) is 0 Å². The van der Waals surface area contributed by atoms with Crippen LogP contribution in [0.3, 0.4) is 0 Å². The Morgan fingerprint density at radius 1 is 1.11 bits per heavy atom. The Labute approximate surface area is 112 Å². The molecule has 0 saturated heterocycles. The molecule has 3 rings (SSSR count). The largest absolute Gasteiger partial charge is 0.390 e. The number of pyridine rings is 1. The zero-order chi connectivity index (χ0) is 13.4. The van der Waals surface area contributed by atoms with Gasteiger partial charge in [-0.3, -0.25) is 0 Å². The van der Waals surface area contributed by atoms with Gasteiger partial charge < -0.3 is 9.51 Å². The number of aliphatic hydroxyl groups excluding tert-OH is 1. The minimum absolute atomic E-state index is 0.0200. The summed E-state index contributed by atoms with van der Waals surface area (Å²) in [4.78, 5) is 4.69. The van der Waals surface area contributed by atoms with Crippen molar-refractivity contribution in [2.75, 3.05) is 0 Å². The number of hydrogen-bond acceptors (Lipinski definition) is 2. The van der Waals surface area contributed by atoms with Crippen LogP contribution < -0.4 is 0 Å². The molecule has 0 amide bonds. The smallest absolute Gasteiger partial charge is 0.140 e. The van der Waals surface area contributed by atoms with E-state index < -0.39 is 0 Å². The number of aromatic nitrogens is 2. The summed E-state index contributed by atoms with van der Waals surface area (Å²) in [5, 5.41) is 9.65. The molecule has 3 nitrogen and oxygen atoms in total. The third-order valence-electron chi connectivity index (χ3n) is 3.42. The Kier molecular flexibility index (Phi) is 2.84. The van der Waals surface area contributed by atoms with Gasteiger partial charge in [-0.15, -0.1) is 0 Å². The summed E-state index contributed by atoms with van der Waals surface area (Å²) in [6.45, 7) is 4.07. The fraction of sp³-hybridized carbons (Fsp3) is 0.188. The molecule has 0 aliphatic heterocycles. The van der Waals surface area contributed by atoms with Crippen LogP contribution in [0, 0.1) is 13.8 Å². The van der Waals surface area contributed by atoms with Crippen molar-refractivity contribution in [1.82, 2.24) is 9.38 Å². The standard InChI is InChI=1S/C16H16N2O/c1-11-5-7-13(8-6-11)15-14(10-19)18-9-3-4-12(2)16(18)17-15/h3-9,19H,10H2,1-2H3. The molecule has 0 fully saturated rings. The minimum Gasteiger partial charge on any atom is -0.390 e. The number of imidazole rings is 1. The van der Waals surface area contributed by atoms with Gasteiger partial charge in [0, 0.05) is 11.8 Å². The maximum absolute atomic E-state index is 9.65. The minimum atomic E-state index is -0.0200. The Balaban J connectivity index is 2.29. The van der Waals surface area contributed by atoms with Crippen LogP contribution in [0.4, 0.5) is 0 Å². The monoisotopic (exact) mass is 252 g/mol. The van der Waals surface area contributed by atoms with E-state index in [1.54, 1.807) is 0 Å². The molecule has 0 atom stereocenters. The van der Waals surface area contributed by atoms with Gasteiger partial charge in [-0.1, -0.05) is 35.9 Å². The van der Waals surface area contributed by atoms with E-state index in [4.69, 9.17) is 0 Å². The zero-order valence-electron chi connectivity index (χ0n) is 11.1. The summed E-state index contributed by atoms with van der Waals surface area (Å²) in [6, 6.07) is 12.2. The third-order valence-corrected chi connectivity index (χ3v) is 3.42. The molecule has 3 heteroatoms. The summed E-state index contributed by atoms with van der Waals surface area (Å²) in [5.74, 6) is 0. The lowest BCUT2D eigenvalue weighted by Crippen LogP contribution is -1.94. The highest BCUT2D eigenvalue weighted by Crippen LogP contribution is 2.26. The number of nitrogens with zero attached hydrogens (tertiary/aromatic N) is 2. The average Bonchev–Trinajstić information content (AvgIpc) is 2.79. The fourth-order valence-electron chi connectivity index (χ4n) is 2.35. The molecule has 19 heavy (non-hydrogen) atoms. The Bertz CT molecular complexity index is 726. The zero-order valence-corrected chi connectivity index (χ0v) is 11.1. The molecule has 0 aliphatic rings. The molecule has 2 heterocycles. The first-order chi connectivity index (χ1) is 9.20. The van der Waals surface area contributed by atoms with Crippen molar-refractivity contribution in [2.24, 2.45) is 0 Å². The van der Waals surface area contributed by atoms with Crippen LogP contribution in [0.25, 0.3) is 16.9 Å². The molecular weight excluding hydrogens is 236 g/mol. The van der Waals surface area contributed by atoms with Gasteiger partial charge in [0.1, 0.15) is 5.65 Å². The van der Waals surface area contributed by atoms with Gasteiger partial charge in [-0.2, -0.15) is 0 Å². The first-order valence-electron chi connectivity index (χ1n) is 6.35. The van der Waals surface area contributed by atoms with Crippen LogP contribution in [0.15, 0.2) is 42.6 Å². The lowest BCUT2D eigenvalue weighted by atomic mass is 10.1. The molecule has 0 saturated carbocycles. The van der Waals surface area contributed by atoms with Gasteiger partial charge in [0.05, 0.1) is 18.0 Å². The lowest BCUT2D eigenvalue weighted by molar-refractivity contribution is 0.276. The number of aryl methyl sites for hydroxylation is 2. The maximum Gasteiger partial charge on any atom is 0.140 e. The van der Waals surface area contributed by atoms with E-state index >= 15 is 0 Å². The molecule has 1 aromatic carbocycles. The van der Waals surface area contributed by atoms with Crippen LogP contribution in [-0.2, 0) is 6.61 Å². The van der Waals surface area contributed by atoms with Crippen LogP contribution >= 0.6 is 0 Å². The van der Waals surface area contributed by atoms with Crippen molar-refractivity contribution in [3.05, 3.63) is 59.4 Å². The highest BCUT2D eigenvalue weighted by molar-refractivity contribution is 5.68. The van der Waals surface area contributed by atoms with E-state index in [-0.39, 0.29) is 6.61 Å². The second-order valence-corrected chi connectivity index (χ2v) is 4.82. The van der Waals surface area contributed by atoms with Crippen molar-refractivity contribution >= 4 is 5.65 Å². The molecular formula is C16H16N2O. The molecule has 0 aliphatic carbocycles. The predicted octanol–water partition coefficient (Wildman–Crippen LogP) is 3.11. The van der Waals surface area contributed by atoms with Crippen LogP contribution in [-0.4, -0.2) is 14.5 Å². The van der Waals surface area contributed by atoms with Gasteiger partial charge in [-0.25, -0.2) is 4.98 Å². The number of aliphatic hydroxyl groups is 1. The first kappa shape index (κ1) is 11.9. The highest BCUT2D eigenvalue weighted by atomic mass is 16.3. The van der Waals surface area contributed by atoms with Crippen LogP contribution in [0.2, 0.25) is 0 Å². The SMILES string of the molecule is Cc1ccc(-c2nc3c(C)cccn3c2CO)cc1. The fourth-order valence-corrected chi connectivity index (χ4v) is 2.35. The predicted molar refractivity (Wildman–Crippen MR) is 76.0 cm³/mol. The van der Waals surface area contributed by atoms with Crippen molar-refractivity contribution in [2.45, 2.75) is 20.5 Å². The topological polar surface area (TPSA) is 37.5 Å². The van der Waals surface area contributed by atoms with Gasteiger partial charge in [0.15, 0.2) is 0 Å². The molecule has 0 spiro atoms. The number of benzene rings is 1. The Morgan fingerprint density at radius 2 is 1.84 bits per heavy atom. The second kappa shape index (κ2) is 4.52. The number of hydrogen-bond donors (Lipinski definition) is 1. The van der Waals surface area contributed by atoms with Gasteiger partial charge >= 0.3 is 0 Å². The highest BCUT2D eigenvalue weighted by Gasteiger charge is 2.13. The first-order valence-corrected chi connectivity index (χ1v) is 6.35. The number of rotatable bonds is 2. The van der Waals surface area contributed by atoms with Crippen LogP contribution in [0.5, 0.6) is 0 Å². The number of fused-ring (bicyclic) bond motifs is 1. The van der Waals surface area contributed by atoms with E-state index in [1.807, 2.05) is 41.8 Å². The van der Waals surface area contributed by atoms with E-state index in [0.29, 0.717) is 0 Å². The van der Waals surface area contributed by atoms with Crippen molar-refractivity contribution < 1.29 is 5.11 Å². The summed E-state index contributed by atoms with van der Waals surface area (Å²) in [5.41, 5.74) is 5.96. The summed E-state index contributed by atoms with van der Waals surface area (Å²) >= 11 is 0. The van der Waals surface area contributed by atoms with Crippen molar-refractivity contribution in [3.63, 3.8) is 0 Å². The second-order valence-electron chi connectivity index (χ2n) is 4.82. The average molecular weight is 252 g/mol. The van der Waals surface area contributed by atoms with Gasteiger partial charge in [0.2, 0.25) is 0 Å². The van der Waals surface area contributed by atoms with E-state index in [0.717, 1.165) is 28.2 Å². The van der Waals surface area contributed by atoms with E-state index in [9.17, 15) is 5.11 Å². The molecule has 0 unspecified atom stereocenters. The van der Waals surface area contributed by atoms with Crippen molar-refractivity contribution in [3.8, 4) is 11.3 Å². The van der Waals surface area contributed by atoms with Gasteiger partial charge in [-0.05, 0) is 25.5 Å². The maximum atomic E-state index is 9.65. The molecule has 0 radical (unpaired) electrons. The molecule has 0 bridgehead atoms. The van der Waals surface area contributed by atoms with Crippen molar-refractivity contribution in [1.29, 1.82) is 0 Å². The molecule has 1 N–H and O–H groups in total. The summed E-state index contributed by atoms with van der Waals surface area (Å²) in [7, 11) is 0. The molecule has 96 valence electrons. The van der Waals surface area contributed by atoms with E-state index in [1.165, 1.54) is 5.56 Å². The van der Waals surface area contributed by atoms with Crippen LogP contribution in [0.1, 0.15) is 16.8 Å². The summed E-state index contributed by atoms with van der Waals surface area (Å²) < 4.78 is 1.96. The summed E-state index contributed by atoms with van der Waals surface area (Å²) in [6.07, 6.45) is 1.94.